The van der Waals surface area contributed by atoms with Crippen LogP contribution in [0.5, 0.6) is 0 Å². The Morgan fingerprint density at radius 2 is 2.00 bits per heavy atom. The van der Waals surface area contributed by atoms with E-state index in [0.717, 1.165) is 13.1 Å². The van der Waals surface area contributed by atoms with Gasteiger partial charge in [0.1, 0.15) is 0 Å². The van der Waals surface area contributed by atoms with Crippen molar-refractivity contribution in [3.05, 3.63) is 12.2 Å². The standard InChI is InChI=1S/C5H8ClN/c6-5-7-3-1-2-4-7/h1-2H,3-5H2. The zero-order chi connectivity index (χ0) is 5.11. The summed E-state index contributed by atoms with van der Waals surface area (Å²) in [7, 11) is 0. The van der Waals surface area contributed by atoms with E-state index in [-0.39, 0.29) is 0 Å². The predicted octanol–water partition coefficient (Wildman–Crippen LogP) is 1.05. The average Bonchev–Trinajstić information content (AvgIpc) is 2.14. The van der Waals surface area contributed by atoms with Crippen LogP contribution in [0.2, 0.25) is 0 Å². The molecule has 2 heteroatoms. The van der Waals surface area contributed by atoms with Gasteiger partial charge in [0.25, 0.3) is 0 Å². The third-order valence-corrected chi connectivity index (χ3v) is 1.40. The van der Waals surface area contributed by atoms with Crippen molar-refractivity contribution < 1.29 is 0 Å². The molecule has 0 N–H and O–H groups in total. The second kappa shape index (κ2) is 2.34. The molecular weight excluding hydrogens is 110 g/mol. The van der Waals surface area contributed by atoms with Crippen molar-refractivity contribution in [3.63, 3.8) is 0 Å². The molecule has 1 aliphatic rings. The lowest BCUT2D eigenvalue weighted by molar-refractivity contribution is 0.414. The molecule has 0 aromatic rings. The highest BCUT2D eigenvalue weighted by Gasteiger charge is 2.01. The van der Waals surface area contributed by atoms with Crippen molar-refractivity contribution in [3.8, 4) is 0 Å². The Morgan fingerprint density at radius 3 is 2.29 bits per heavy atom. The molecule has 0 aliphatic carbocycles. The zero-order valence-corrected chi connectivity index (χ0v) is 4.86. The van der Waals surface area contributed by atoms with Gasteiger partial charge in [-0.1, -0.05) is 12.2 Å². The van der Waals surface area contributed by atoms with E-state index in [1.807, 2.05) is 0 Å². The van der Waals surface area contributed by atoms with E-state index in [2.05, 4.69) is 17.1 Å². The van der Waals surface area contributed by atoms with Crippen LogP contribution in [0.15, 0.2) is 12.2 Å². The number of nitrogens with zero attached hydrogens (tertiary/aromatic N) is 1. The Balaban J connectivity index is 2.22. The first kappa shape index (κ1) is 5.13. The fourth-order valence-corrected chi connectivity index (χ4v) is 0.815. The molecule has 0 unspecified atom stereocenters. The van der Waals surface area contributed by atoms with E-state index in [1.54, 1.807) is 0 Å². The lowest BCUT2D eigenvalue weighted by Gasteiger charge is -2.06. The van der Waals surface area contributed by atoms with E-state index < -0.39 is 0 Å². The fraction of sp³-hybridized carbons (Fsp3) is 0.600. The third kappa shape index (κ3) is 1.18. The lowest BCUT2D eigenvalue weighted by atomic mass is 10.6. The van der Waals surface area contributed by atoms with Gasteiger partial charge in [-0.2, -0.15) is 0 Å². The maximum Gasteiger partial charge on any atom is 0.0743 e. The largest absolute Gasteiger partial charge is 0.283 e. The first-order chi connectivity index (χ1) is 3.43. The van der Waals surface area contributed by atoms with Crippen LogP contribution in [0.1, 0.15) is 0 Å². The van der Waals surface area contributed by atoms with Gasteiger partial charge in [-0.15, -0.1) is 11.6 Å². The highest BCUT2D eigenvalue weighted by molar-refractivity contribution is 6.17. The number of rotatable bonds is 1. The van der Waals surface area contributed by atoms with Gasteiger partial charge >= 0.3 is 0 Å². The van der Waals surface area contributed by atoms with Crippen molar-refractivity contribution >= 4 is 11.6 Å². The summed E-state index contributed by atoms with van der Waals surface area (Å²) in [5, 5.41) is 0. The number of hydrogen-bond acceptors (Lipinski definition) is 1. The SMILES string of the molecule is ClCN1CC=CC1. The normalized spacial score (nSPS) is 21.3. The van der Waals surface area contributed by atoms with Gasteiger partial charge in [0, 0.05) is 13.1 Å². The highest BCUT2D eigenvalue weighted by Crippen LogP contribution is 1.97. The summed E-state index contributed by atoms with van der Waals surface area (Å²) in [4.78, 5) is 2.14. The summed E-state index contributed by atoms with van der Waals surface area (Å²) < 4.78 is 0. The van der Waals surface area contributed by atoms with E-state index in [9.17, 15) is 0 Å². The van der Waals surface area contributed by atoms with Crippen molar-refractivity contribution in [1.29, 1.82) is 0 Å². The van der Waals surface area contributed by atoms with Crippen LogP contribution in [0.3, 0.4) is 0 Å². The monoisotopic (exact) mass is 117 g/mol. The molecule has 0 atom stereocenters. The summed E-state index contributed by atoms with van der Waals surface area (Å²) in [5.41, 5.74) is 0. The molecule has 0 aromatic heterocycles. The Labute approximate surface area is 48.6 Å². The predicted molar refractivity (Wildman–Crippen MR) is 31.4 cm³/mol. The highest BCUT2D eigenvalue weighted by atomic mass is 35.5. The quantitative estimate of drug-likeness (QED) is 0.282. The Kier molecular flexibility index (Phi) is 1.71. The van der Waals surface area contributed by atoms with Crippen LogP contribution in [0.25, 0.3) is 0 Å². The van der Waals surface area contributed by atoms with Crippen LogP contribution in [0, 0.1) is 0 Å². The summed E-state index contributed by atoms with van der Waals surface area (Å²) in [5.74, 6) is 0. The van der Waals surface area contributed by atoms with E-state index in [0.29, 0.717) is 6.00 Å². The molecule has 0 spiro atoms. The first-order valence-electron chi connectivity index (χ1n) is 2.37. The second-order valence-electron chi connectivity index (χ2n) is 1.63. The van der Waals surface area contributed by atoms with Crippen molar-refractivity contribution in [2.45, 2.75) is 0 Å². The molecule has 1 rings (SSSR count). The van der Waals surface area contributed by atoms with Crippen LogP contribution in [-0.2, 0) is 0 Å². The summed E-state index contributed by atoms with van der Waals surface area (Å²) in [6.45, 7) is 2.06. The van der Waals surface area contributed by atoms with E-state index >= 15 is 0 Å². The average molecular weight is 118 g/mol. The molecule has 0 radical (unpaired) electrons. The molecule has 0 fully saturated rings. The molecule has 40 valence electrons. The minimum atomic E-state index is 0.660. The Hall–Kier alpha value is -0.0100. The van der Waals surface area contributed by atoms with Crippen LogP contribution in [0.4, 0.5) is 0 Å². The van der Waals surface area contributed by atoms with Gasteiger partial charge in [-0.05, 0) is 0 Å². The molecule has 7 heavy (non-hydrogen) atoms. The minimum Gasteiger partial charge on any atom is -0.283 e. The van der Waals surface area contributed by atoms with E-state index in [4.69, 9.17) is 11.6 Å². The van der Waals surface area contributed by atoms with Crippen molar-refractivity contribution in [2.24, 2.45) is 0 Å². The third-order valence-electron chi connectivity index (χ3n) is 1.06. The van der Waals surface area contributed by atoms with Crippen LogP contribution >= 0.6 is 11.6 Å². The van der Waals surface area contributed by atoms with Gasteiger partial charge in [-0.3, -0.25) is 4.90 Å². The molecule has 0 aromatic carbocycles. The second-order valence-corrected chi connectivity index (χ2v) is 1.87. The molecule has 0 bridgehead atoms. The zero-order valence-electron chi connectivity index (χ0n) is 4.10. The van der Waals surface area contributed by atoms with Crippen molar-refractivity contribution in [1.82, 2.24) is 4.90 Å². The van der Waals surface area contributed by atoms with Crippen LogP contribution < -0.4 is 0 Å². The van der Waals surface area contributed by atoms with E-state index in [1.165, 1.54) is 0 Å². The molecule has 0 saturated heterocycles. The van der Waals surface area contributed by atoms with Gasteiger partial charge in [0.15, 0.2) is 0 Å². The van der Waals surface area contributed by atoms with Gasteiger partial charge in [0.2, 0.25) is 0 Å². The topological polar surface area (TPSA) is 3.24 Å². The summed E-state index contributed by atoms with van der Waals surface area (Å²) in [6.07, 6.45) is 4.25. The van der Waals surface area contributed by atoms with Crippen molar-refractivity contribution in [2.75, 3.05) is 19.1 Å². The maximum absolute atomic E-state index is 5.49. The molecule has 1 aliphatic heterocycles. The Bertz CT molecular complexity index is 72.1. The summed E-state index contributed by atoms with van der Waals surface area (Å²) in [6, 6.07) is 0.660. The lowest BCUT2D eigenvalue weighted by Crippen LogP contribution is -2.16. The number of hydrogen-bond donors (Lipinski definition) is 0. The first-order valence-corrected chi connectivity index (χ1v) is 2.90. The smallest absolute Gasteiger partial charge is 0.0743 e. The maximum atomic E-state index is 5.49. The molecule has 0 amide bonds. The minimum absolute atomic E-state index is 0.660. The molecular formula is C5H8ClN. The number of alkyl halides is 1. The fourth-order valence-electron chi connectivity index (χ4n) is 0.619. The summed E-state index contributed by atoms with van der Waals surface area (Å²) >= 11 is 5.49. The molecule has 0 saturated carbocycles. The van der Waals surface area contributed by atoms with Gasteiger partial charge < -0.3 is 0 Å². The molecule has 1 heterocycles. The number of halogens is 1. The van der Waals surface area contributed by atoms with Gasteiger partial charge in [-0.25, -0.2) is 0 Å². The molecule has 1 nitrogen and oxygen atoms in total. The van der Waals surface area contributed by atoms with Crippen LogP contribution in [-0.4, -0.2) is 24.0 Å². The van der Waals surface area contributed by atoms with Gasteiger partial charge in [0.05, 0.1) is 6.00 Å². The Morgan fingerprint density at radius 1 is 1.43 bits per heavy atom.